The van der Waals surface area contributed by atoms with E-state index in [-0.39, 0.29) is 5.69 Å². The molecule has 0 saturated heterocycles. The monoisotopic (exact) mass is 236 g/mol. The number of carbonyl (C=O) groups is 1. The van der Waals surface area contributed by atoms with Crippen LogP contribution in [0.3, 0.4) is 0 Å². The second-order valence-corrected chi connectivity index (χ2v) is 4.70. The number of ether oxygens (including phenoxy) is 1. The van der Waals surface area contributed by atoms with Crippen LogP contribution in [-0.2, 0) is 4.74 Å². The Morgan fingerprint density at radius 3 is 2.71 bits per heavy atom. The molecule has 1 rings (SSSR count). The summed E-state index contributed by atoms with van der Waals surface area (Å²) < 4.78 is 5.43. The number of hydrogen-bond donors (Lipinski definition) is 0. The zero-order valence-corrected chi connectivity index (χ0v) is 10.8. The van der Waals surface area contributed by atoms with Crippen LogP contribution >= 0.6 is 0 Å². The van der Waals surface area contributed by atoms with E-state index in [1.54, 1.807) is 0 Å². The minimum Gasteiger partial charge on any atom is -0.455 e. The second kappa shape index (κ2) is 6.33. The summed E-state index contributed by atoms with van der Waals surface area (Å²) in [7, 11) is 0. The predicted octanol–water partition coefficient (Wildman–Crippen LogP) is 2.99. The van der Waals surface area contributed by atoms with Gasteiger partial charge in [-0.05, 0) is 26.7 Å². The smallest absolute Gasteiger partial charge is 0.359 e. The molecule has 1 heterocycles. The highest BCUT2D eigenvalue weighted by Crippen LogP contribution is 2.19. The predicted molar refractivity (Wildman–Crippen MR) is 65.7 cm³/mol. The Morgan fingerprint density at radius 1 is 1.35 bits per heavy atom. The number of hydrogen-bond acceptors (Lipinski definition) is 4. The van der Waals surface area contributed by atoms with Crippen LogP contribution in [0.1, 0.15) is 56.9 Å². The van der Waals surface area contributed by atoms with E-state index < -0.39 is 11.6 Å². The van der Waals surface area contributed by atoms with Crippen molar-refractivity contribution in [1.29, 1.82) is 0 Å². The molecule has 17 heavy (non-hydrogen) atoms. The maximum Gasteiger partial charge on any atom is 0.359 e. The maximum atomic E-state index is 11.8. The summed E-state index contributed by atoms with van der Waals surface area (Å²) in [6, 6.07) is 0. The first-order valence-electron chi connectivity index (χ1n) is 6.04. The highest BCUT2D eigenvalue weighted by molar-refractivity contribution is 5.87. The minimum absolute atomic E-state index is 0.260. The van der Waals surface area contributed by atoms with Crippen LogP contribution < -0.4 is 0 Å². The summed E-state index contributed by atoms with van der Waals surface area (Å²) in [6.45, 7) is 6.01. The lowest BCUT2D eigenvalue weighted by molar-refractivity contribution is -0.00613. The van der Waals surface area contributed by atoms with Gasteiger partial charge in [-0.1, -0.05) is 19.8 Å². The average Bonchev–Trinajstić information content (AvgIpc) is 2.30. The molecular formula is C13H20N2O2. The number of nitrogens with zero attached hydrogens (tertiary/aromatic N) is 2. The molecule has 0 saturated carbocycles. The fourth-order valence-corrected chi connectivity index (χ4v) is 1.56. The van der Waals surface area contributed by atoms with Gasteiger partial charge in [-0.15, -0.1) is 0 Å². The molecule has 0 aliphatic rings. The van der Waals surface area contributed by atoms with Crippen LogP contribution in [0.2, 0.25) is 0 Å². The van der Waals surface area contributed by atoms with Gasteiger partial charge in [0.2, 0.25) is 0 Å². The summed E-state index contributed by atoms with van der Waals surface area (Å²) in [5, 5.41) is 0. The normalized spacial score (nSPS) is 11.2. The van der Waals surface area contributed by atoms with Crippen molar-refractivity contribution in [3.05, 3.63) is 24.3 Å². The molecule has 0 amide bonds. The van der Waals surface area contributed by atoms with Crippen molar-refractivity contribution >= 4 is 5.97 Å². The van der Waals surface area contributed by atoms with Crippen LogP contribution in [0.5, 0.6) is 0 Å². The summed E-state index contributed by atoms with van der Waals surface area (Å²) in [5.41, 5.74) is -0.180. The van der Waals surface area contributed by atoms with E-state index in [1.165, 1.54) is 18.6 Å². The molecule has 0 fully saturated rings. The Kier molecular flexibility index (Phi) is 5.07. The van der Waals surface area contributed by atoms with E-state index in [0.717, 1.165) is 25.7 Å². The highest BCUT2D eigenvalue weighted by atomic mass is 16.6. The Hall–Kier alpha value is -1.45. The van der Waals surface area contributed by atoms with Crippen LogP contribution in [-0.4, -0.2) is 21.5 Å². The average molecular weight is 236 g/mol. The zero-order valence-electron chi connectivity index (χ0n) is 10.8. The molecular weight excluding hydrogens is 216 g/mol. The molecule has 94 valence electrons. The van der Waals surface area contributed by atoms with Crippen molar-refractivity contribution in [2.45, 2.75) is 52.1 Å². The van der Waals surface area contributed by atoms with Crippen molar-refractivity contribution in [1.82, 2.24) is 9.97 Å². The molecule has 4 nitrogen and oxygen atoms in total. The van der Waals surface area contributed by atoms with Crippen LogP contribution in [0.25, 0.3) is 0 Å². The molecule has 0 N–H and O–H groups in total. The third-order valence-electron chi connectivity index (χ3n) is 2.52. The molecule has 0 aromatic carbocycles. The summed E-state index contributed by atoms with van der Waals surface area (Å²) in [5.74, 6) is -0.403. The molecule has 4 heteroatoms. The van der Waals surface area contributed by atoms with E-state index in [2.05, 4.69) is 16.9 Å². The van der Waals surface area contributed by atoms with Crippen LogP contribution in [0, 0.1) is 0 Å². The molecule has 0 atom stereocenters. The molecule has 0 aliphatic carbocycles. The van der Waals surface area contributed by atoms with Gasteiger partial charge in [-0.2, -0.15) is 0 Å². The number of aromatic nitrogens is 2. The molecule has 0 radical (unpaired) electrons. The Morgan fingerprint density at radius 2 is 2.12 bits per heavy atom. The van der Waals surface area contributed by atoms with Crippen LogP contribution in [0.4, 0.5) is 0 Å². The number of esters is 1. The van der Waals surface area contributed by atoms with E-state index in [9.17, 15) is 4.79 Å². The number of carbonyl (C=O) groups excluding carboxylic acids is 1. The highest BCUT2D eigenvalue weighted by Gasteiger charge is 2.23. The van der Waals surface area contributed by atoms with Gasteiger partial charge in [0.25, 0.3) is 0 Å². The SMILES string of the molecule is CCCCCC(C)(C)OC(=O)c1cnccn1. The zero-order chi connectivity index (χ0) is 12.7. The minimum atomic E-state index is -0.441. The van der Waals surface area contributed by atoms with Gasteiger partial charge in [0.15, 0.2) is 5.69 Å². The largest absolute Gasteiger partial charge is 0.455 e. The van der Waals surface area contributed by atoms with Gasteiger partial charge in [0.05, 0.1) is 6.20 Å². The van der Waals surface area contributed by atoms with E-state index in [0.29, 0.717) is 0 Å². The first-order chi connectivity index (χ1) is 8.05. The van der Waals surface area contributed by atoms with E-state index >= 15 is 0 Å². The van der Waals surface area contributed by atoms with Crippen molar-refractivity contribution in [3.63, 3.8) is 0 Å². The fraction of sp³-hybridized carbons (Fsp3) is 0.615. The Balaban J connectivity index is 2.50. The van der Waals surface area contributed by atoms with Gasteiger partial charge in [0, 0.05) is 12.4 Å². The first kappa shape index (κ1) is 13.6. The lowest BCUT2D eigenvalue weighted by atomic mass is 10.0. The first-order valence-corrected chi connectivity index (χ1v) is 6.04. The number of rotatable bonds is 6. The van der Waals surface area contributed by atoms with Crippen LogP contribution in [0.15, 0.2) is 18.6 Å². The van der Waals surface area contributed by atoms with Gasteiger partial charge in [-0.25, -0.2) is 9.78 Å². The Bertz CT molecular complexity index is 350. The summed E-state index contributed by atoms with van der Waals surface area (Å²) >= 11 is 0. The second-order valence-electron chi connectivity index (χ2n) is 4.70. The topological polar surface area (TPSA) is 52.1 Å². The molecule has 0 bridgehead atoms. The Labute approximate surface area is 102 Å². The van der Waals surface area contributed by atoms with Crippen molar-refractivity contribution in [3.8, 4) is 0 Å². The summed E-state index contributed by atoms with van der Waals surface area (Å²) in [6.07, 6.45) is 8.69. The third-order valence-corrected chi connectivity index (χ3v) is 2.52. The van der Waals surface area contributed by atoms with E-state index in [1.807, 2.05) is 13.8 Å². The quantitative estimate of drug-likeness (QED) is 0.563. The standard InChI is InChI=1S/C13H20N2O2/c1-4-5-6-7-13(2,3)17-12(16)11-10-14-8-9-15-11/h8-10H,4-7H2,1-3H3. The molecule has 0 spiro atoms. The van der Waals surface area contributed by atoms with Gasteiger partial charge < -0.3 is 4.74 Å². The van der Waals surface area contributed by atoms with Gasteiger partial charge >= 0.3 is 5.97 Å². The van der Waals surface area contributed by atoms with Gasteiger partial charge in [0.1, 0.15) is 5.60 Å². The fourth-order valence-electron chi connectivity index (χ4n) is 1.56. The molecule has 0 unspecified atom stereocenters. The lowest BCUT2D eigenvalue weighted by Gasteiger charge is -2.24. The van der Waals surface area contributed by atoms with Crippen molar-refractivity contribution in [2.75, 3.05) is 0 Å². The third kappa shape index (κ3) is 4.93. The van der Waals surface area contributed by atoms with Crippen molar-refractivity contribution in [2.24, 2.45) is 0 Å². The maximum absolute atomic E-state index is 11.8. The molecule has 1 aromatic heterocycles. The molecule has 1 aromatic rings. The van der Waals surface area contributed by atoms with Gasteiger partial charge in [-0.3, -0.25) is 4.98 Å². The number of unbranched alkanes of at least 4 members (excludes halogenated alkanes) is 2. The van der Waals surface area contributed by atoms with E-state index in [4.69, 9.17) is 4.74 Å². The van der Waals surface area contributed by atoms with Crippen molar-refractivity contribution < 1.29 is 9.53 Å². The lowest BCUT2D eigenvalue weighted by Crippen LogP contribution is -2.28. The summed E-state index contributed by atoms with van der Waals surface area (Å²) in [4.78, 5) is 19.5. The molecule has 0 aliphatic heterocycles.